The van der Waals surface area contributed by atoms with Gasteiger partial charge in [0.1, 0.15) is 0 Å². The predicted molar refractivity (Wildman–Crippen MR) is 75.0 cm³/mol. The molecule has 0 radical (unpaired) electrons. The Morgan fingerprint density at radius 3 is 2.84 bits per heavy atom. The number of nitrogens with zero attached hydrogens (tertiary/aromatic N) is 2. The van der Waals surface area contributed by atoms with Crippen molar-refractivity contribution in [1.29, 1.82) is 0 Å². The summed E-state index contributed by atoms with van der Waals surface area (Å²) in [5.41, 5.74) is 7.34. The number of ether oxygens (including phenoxy) is 1. The molecule has 2 fully saturated rings. The van der Waals surface area contributed by atoms with Crippen LogP contribution in [0, 0.1) is 0 Å². The Balaban J connectivity index is 1.57. The van der Waals surface area contributed by atoms with E-state index in [1.165, 1.54) is 32.1 Å². The Morgan fingerprint density at radius 2 is 2.11 bits per heavy atom. The van der Waals surface area contributed by atoms with Crippen molar-refractivity contribution < 1.29 is 4.74 Å². The average Bonchev–Trinajstić information content (AvgIpc) is 3.11. The summed E-state index contributed by atoms with van der Waals surface area (Å²) in [7, 11) is 0. The topological polar surface area (TPSA) is 53.1 Å². The minimum atomic E-state index is 0.0946. The van der Waals surface area contributed by atoms with E-state index in [-0.39, 0.29) is 12.1 Å². The third-order valence-electron chi connectivity index (χ3n) is 4.50. The van der Waals surface area contributed by atoms with Crippen molar-refractivity contribution in [2.24, 2.45) is 5.73 Å². The van der Waals surface area contributed by atoms with E-state index < -0.39 is 0 Å². The molecule has 0 bridgehead atoms. The van der Waals surface area contributed by atoms with E-state index >= 15 is 0 Å². The Kier molecular flexibility index (Phi) is 4.18. The summed E-state index contributed by atoms with van der Waals surface area (Å²) < 4.78 is 7.81. The second-order valence-corrected chi connectivity index (χ2v) is 6.00. The summed E-state index contributed by atoms with van der Waals surface area (Å²) >= 11 is 0. The van der Waals surface area contributed by atoms with Gasteiger partial charge in [0.25, 0.3) is 0 Å². The Bertz CT molecular complexity index is 392. The van der Waals surface area contributed by atoms with Gasteiger partial charge in [-0.2, -0.15) is 5.10 Å². The monoisotopic (exact) mass is 263 g/mol. The third kappa shape index (κ3) is 3.18. The van der Waals surface area contributed by atoms with Crippen molar-refractivity contribution in [3.05, 3.63) is 18.0 Å². The standard InChI is InChI=1S/C15H25N3O/c16-14(15-7-4-10-19-15)11-12-8-9-18(17-12)13-5-2-1-3-6-13/h8-9,13-15H,1-7,10-11,16H2. The molecule has 0 amide bonds. The predicted octanol–water partition coefficient (Wildman–Crippen LogP) is 2.44. The molecule has 4 nitrogen and oxygen atoms in total. The fourth-order valence-corrected chi connectivity index (χ4v) is 3.35. The van der Waals surface area contributed by atoms with Crippen molar-refractivity contribution in [2.75, 3.05) is 6.61 Å². The molecule has 2 heterocycles. The lowest BCUT2D eigenvalue weighted by Gasteiger charge is -2.22. The van der Waals surface area contributed by atoms with E-state index in [4.69, 9.17) is 15.6 Å². The van der Waals surface area contributed by atoms with Gasteiger partial charge in [-0.05, 0) is 31.7 Å². The maximum Gasteiger partial charge on any atom is 0.0730 e. The molecular formula is C15H25N3O. The highest BCUT2D eigenvalue weighted by Gasteiger charge is 2.24. The Morgan fingerprint density at radius 1 is 1.26 bits per heavy atom. The molecular weight excluding hydrogens is 238 g/mol. The van der Waals surface area contributed by atoms with Crippen LogP contribution in [0.2, 0.25) is 0 Å². The van der Waals surface area contributed by atoms with Gasteiger partial charge in [-0.25, -0.2) is 0 Å². The lowest BCUT2D eigenvalue weighted by molar-refractivity contribution is 0.0897. The van der Waals surface area contributed by atoms with Crippen molar-refractivity contribution in [3.63, 3.8) is 0 Å². The lowest BCUT2D eigenvalue weighted by atomic mass is 9.96. The molecule has 0 spiro atoms. The second-order valence-electron chi connectivity index (χ2n) is 6.00. The van der Waals surface area contributed by atoms with Gasteiger partial charge in [-0.15, -0.1) is 0 Å². The van der Waals surface area contributed by atoms with Crippen LogP contribution >= 0.6 is 0 Å². The molecule has 0 aromatic carbocycles. The molecule has 3 rings (SSSR count). The van der Waals surface area contributed by atoms with Crippen molar-refractivity contribution in [1.82, 2.24) is 9.78 Å². The molecule has 1 saturated heterocycles. The van der Waals surface area contributed by atoms with Crippen LogP contribution in [0.3, 0.4) is 0 Å². The Hall–Kier alpha value is -0.870. The fraction of sp³-hybridized carbons (Fsp3) is 0.800. The summed E-state index contributed by atoms with van der Waals surface area (Å²) in [5.74, 6) is 0. The number of hydrogen-bond donors (Lipinski definition) is 1. The van der Waals surface area contributed by atoms with E-state index in [9.17, 15) is 0 Å². The summed E-state index contributed by atoms with van der Waals surface area (Å²) in [6.45, 7) is 0.870. The van der Waals surface area contributed by atoms with Gasteiger partial charge in [0.2, 0.25) is 0 Å². The first-order valence-corrected chi connectivity index (χ1v) is 7.74. The van der Waals surface area contributed by atoms with Crippen LogP contribution in [-0.4, -0.2) is 28.5 Å². The zero-order valence-electron chi connectivity index (χ0n) is 11.6. The maximum atomic E-state index is 6.22. The van der Waals surface area contributed by atoms with Crippen molar-refractivity contribution in [3.8, 4) is 0 Å². The van der Waals surface area contributed by atoms with Gasteiger partial charge < -0.3 is 10.5 Å². The molecule has 1 aromatic rings. The number of rotatable bonds is 4. The molecule has 4 heteroatoms. The van der Waals surface area contributed by atoms with Crippen molar-refractivity contribution in [2.45, 2.75) is 69.6 Å². The molecule has 1 aliphatic heterocycles. The molecule has 2 N–H and O–H groups in total. The van der Waals surface area contributed by atoms with E-state index in [2.05, 4.69) is 16.9 Å². The van der Waals surface area contributed by atoms with Gasteiger partial charge in [0, 0.05) is 25.3 Å². The SMILES string of the molecule is NC(Cc1ccn(C2CCCCC2)n1)C1CCCO1. The number of hydrogen-bond acceptors (Lipinski definition) is 3. The summed E-state index contributed by atoms with van der Waals surface area (Å²) in [6.07, 6.45) is 12.1. The van der Waals surface area contributed by atoms with E-state index in [0.29, 0.717) is 6.04 Å². The molecule has 2 unspecified atom stereocenters. The van der Waals surface area contributed by atoms with Gasteiger partial charge in [-0.3, -0.25) is 4.68 Å². The molecule has 2 atom stereocenters. The normalized spacial score (nSPS) is 26.7. The van der Waals surface area contributed by atoms with E-state index in [0.717, 1.165) is 31.6 Å². The molecule has 1 aromatic heterocycles. The zero-order valence-corrected chi connectivity index (χ0v) is 11.6. The van der Waals surface area contributed by atoms with E-state index in [1.54, 1.807) is 0 Å². The van der Waals surface area contributed by atoms with E-state index in [1.807, 2.05) is 0 Å². The summed E-state index contributed by atoms with van der Waals surface area (Å²) in [6, 6.07) is 2.84. The van der Waals surface area contributed by atoms with Crippen molar-refractivity contribution >= 4 is 0 Å². The molecule has 2 aliphatic rings. The first-order valence-electron chi connectivity index (χ1n) is 7.74. The number of nitrogens with two attached hydrogens (primary N) is 1. The minimum absolute atomic E-state index is 0.0946. The molecule has 1 aliphatic carbocycles. The zero-order chi connectivity index (χ0) is 13.1. The quantitative estimate of drug-likeness (QED) is 0.907. The first kappa shape index (κ1) is 13.1. The largest absolute Gasteiger partial charge is 0.377 e. The average molecular weight is 263 g/mol. The van der Waals surface area contributed by atoms with Crippen LogP contribution < -0.4 is 5.73 Å². The molecule has 106 valence electrons. The molecule has 1 saturated carbocycles. The van der Waals surface area contributed by atoms with Crippen LogP contribution in [0.5, 0.6) is 0 Å². The van der Waals surface area contributed by atoms with Crippen LogP contribution in [-0.2, 0) is 11.2 Å². The lowest BCUT2D eigenvalue weighted by Crippen LogP contribution is -2.36. The highest BCUT2D eigenvalue weighted by atomic mass is 16.5. The molecule has 19 heavy (non-hydrogen) atoms. The van der Waals surface area contributed by atoms with Gasteiger partial charge in [-0.1, -0.05) is 19.3 Å². The summed E-state index contributed by atoms with van der Waals surface area (Å²) in [5, 5.41) is 4.73. The third-order valence-corrected chi connectivity index (χ3v) is 4.50. The first-order chi connectivity index (χ1) is 9.33. The van der Waals surface area contributed by atoms with Crippen LogP contribution in [0.15, 0.2) is 12.3 Å². The van der Waals surface area contributed by atoms with Gasteiger partial charge in [0.15, 0.2) is 0 Å². The Labute approximate surface area is 115 Å². The van der Waals surface area contributed by atoms with Crippen LogP contribution in [0.1, 0.15) is 56.7 Å². The smallest absolute Gasteiger partial charge is 0.0730 e. The fourth-order valence-electron chi connectivity index (χ4n) is 3.35. The highest BCUT2D eigenvalue weighted by Crippen LogP contribution is 2.27. The number of aromatic nitrogens is 2. The maximum absolute atomic E-state index is 6.22. The second kappa shape index (κ2) is 6.06. The van der Waals surface area contributed by atoms with Crippen LogP contribution in [0.4, 0.5) is 0 Å². The van der Waals surface area contributed by atoms with Gasteiger partial charge in [0.05, 0.1) is 17.8 Å². The van der Waals surface area contributed by atoms with Crippen LogP contribution in [0.25, 0.3) is 0 Å². The minimum Gasteiger partial charge on any atom is -0.377 e. The highest BCUT2D eigenvalue weighted by molar-refractivity contribution is 5.03. The summed E-state index contributed by atoms with van der Waals surface area (Å²) in [4.78, 5) is 0. The van der Waals surface area contributed by atoms with Gasteiger partial charge >= 0.3 is 0 Å².